The fraction of sp³-hybridized carbons (Fsp3) is 0.100. The number of hydrogen-bond acceptors (Lipinski definition) is 1. The summed E-state index contributed by atoms with van der Waals surface area (Å²) < 4.78 is 0. The average Bonchev–Trinajstić information content (AvgIpc) is 2.09. The van der Waals surface area contributed by atoms with Gasteiger partial charge in [0.1, 0.15) is 0 Å². The second-order valence-corrected chi connectivity index (χ2v) is 2.41. The molecular weight excluding hydrogens is 150 g/mol. The molecule has 0 saturated heterocycles. The zero-order chi connectivity index (χ0) is 8.81. The van der Waals surface area contributed by atoms with Crippen molar-refractivity contribution in [2.45, 2.75) is 6.42 Å². The second kappa shape index (κ2) is 4.34. The minimum absolute atomic E-state index is 0.682. The highest BCUT2D eigenvalue weighted by atomic mass is 16.1. The molecule has 0 aliphatic carbocycles. The minimum Gasteiger partial charge on any atom is -0.328 e. The Hall–Kier alpha value is -1.57. The number of anilines is 1. The van der Waals surface area contributed by atoms with E-state index in [2.05, 4.69) is 11.9 Å². The van der Waals surface area contributed by atoms with Crippen LogP contribution in [0, 0.1) is 0 Å². The third-order valence-corrected chi connectivity index (χ3v) is 1.60. The number of carbonyl (C=O) groups excluding carboxylic acids is 1. The molecule has 0 aliphatic heterocycles. The SMILES string of the molecule is C=CCc1ccccc1NC=O. The van der Waals surface area contributed by atoms with Crippen LogP contribution in [0.25, 0.3) is 0 Å². The molecule has 1 N–H and O–H groups in total. The Labute approximate surface area is 71.9 Å². The Kier molecular flexibility index (Phi) is 3.08. The Morgan fingerprint density at radius 3 is 2.83 bits per heavy atom. The number of hydrogen-bond donors (Lipinski definition) is 1. The number of amides is 1. The van der Waals surface area contributed by atoms with Crippen molar-refractivity contribution in [1.29, 1.82) is 0 Å². The Bertz CT molecular complexity index is 252. The summed E-state index contributed by atoms with van der Waals surface area (Å²) in [7, 11) is 0. The van der Waals surface area contributed by atoms with Crippen LogP contribution in [-0.2, 0) is 11.2 Å². The van der Waals surface area contributed by atoms with Crippen molar-refractivity contribution in [2.75, 3.05) is 5.32 Å². The predicted molar refractivity (Wildman–Crippen MR) is 50.0 cm³/mol. The highest BCUT2D eigenvalue weighted by Crippen LogP contribution is 2.14. The lowest BCUT2D eigenvalue weighted by Crippen LogP contribution is -1.97. The molecule has 1 aromatic rings. The van der Waals surface area contributed by atoms with Crippen molar-refractivity contribution >= 4 is 12.1 Å². The molecule has 0 spiro atoms. The van der Waals surface area contributed by atoms with Crippen LogP contribution in [-0.4, -0.2) is 6.41 Å². The van der Waals surface area contributed by atoms with E-state index < -0.39 is 0 Å². The lowest BCUT2D eigenvalue weighted by atomic mass is 10.1. The summed E-state index contributed by atoms with van der Waals surface area (Å²) >= 11 is 0. The summed E-state index contributed by atoms with van der Waals surface area (Å²) in [6.45, 7) is 3.64. The Morgan fingerprint density at radius 1 is 1.42 bits per heavy atom. The molecule has 0 radical (unpaired) electrons. The number of nitrogens with one attached hydrogen (secondary N) is 1. The van der Waals surface area contributed by atoms with Crippen LogP contribution in [0.1, 0.15) is 5.56 Å². The Balaban J connectivity index is 2.90. The maximum absolute atomic E-state index is 10.2. The zero-order valence-electron chi connectivity index (χ0n) is 6.79. The van der Waals surface area contributed by atoms with Crippen LogP contribution in [0.5, 0.6) is 0 Å². The lowest BCUT2D eigenvalue weighted by molar-refractivity contribution is -0.105. The van der Waals surface area contributed by atoms with E-state index in [1.807, 2.05) is 30.3 Å². The molecule has 1 amide bonds. The van der Waals surface area contributed by atoms with Gasteiger partial charge in [0.05, 0.1) is 0 Å². The van der Waals surface area contributed by atoms with Gasteiger partial charge in [-0.2, -0.15) is 0 Å². The normalized spacial score (nSPS) is 9.00. The van der Waals surface area contributed by atoms with Crippen molar-refractivity contribution in [3.8, 4) is 0 Å². The first kappa shape index (κ1) is 8.53. The topological polar surface area (TPSA) is 29.1 Å². The van der Waals surface area contributed by atoms with Crippen molar-refractivity contribution in [1.82, 2.24) is 0 Å². The molecule has 0 unspecified atom stereocenters. The van der Waals surface area contributed by atoms with Crippen LogP contribution in [0.2, 0.25) is 0 Å². The quantitative estimate of drug-likeness (QED) is 0.531. The molecule has 62 valence electrons. The van der Waals surface area contributed by atoms with Crippen LogP contribution in [0.3, 0.4) is 0 Å². The largest absolute Gasteiger partial charge is 0.328 e. The van der Waals surface area contributed by atoms with E-state index >= 15 is 0 Å². The van der Waals surface area contributed by atoms with Gasteiger partial charge in [-0.1, -0.05) is 24.3 Å². The van der Waals surface area contributed by atoms with Crippen molar-refractivity contribution in [3.63, 3.8) is 0 Å². The molecule has 0 bridgehead atoms. The maximum atomic E-state index is 10.2. The summed E-state index contributed by atoms with van der Waals surface area (Å²) in [6.07, 6.45) is 3.27. The fourth-order valence-corrected chi connectivity index (χ4v) is 1.06. The van der Waals surface area contributed by atoms with Gasteiger partial charge < -0.3 is 5.32 Å². The lowest BCUT2D eigenvalue weighted by Gasteiger charge is -2.04. The number of allylic oxidation sites excluding steroid dienone is 1. The summed E-state index contributed by atoms with van der Waals surface area (Å²) in [5.74, 6) is 0. The average molecular weight is 161 g/mol. The third-order valence-electron chi connectivity index (χ3n) is 1.60. The van der Waals surface area contributed by atoms with E-state index in [4.69, 9.17) is 0 Å². The van der Waals surface area contributed by atoms with Crippen molar-refractivity contribution in [3.05, 3.63) is 42.5 Å². The minimum atomic E-state index is 0.682. The van der Waals surface area contributed by atoms with Gasteiger partial charge in [-0.3, -0.25) is 4.79 Å². The smallest absolute Gasteiger partial charge is 0.211 e. The van der Waals surface area contributed by atoms with E-state index in [-0.39, 0.29) is 0 Å². The number of carbonyl (C=O) groups is 1. The van der Waals surface area contributed by atoms with Gasteiger partial charge in [-0.05, 0) is 18.1 Å². The third kappa shape index (κ3) is 1.95. The molecule has 1 aromatic carbocycles. The fourth-order valence-electron chi connectivity index (χ4n) is 1.06. The van der Waals surface area contributed by atoms with Gasteiger partial charge in [-0.25, -0.2) is 0 Å². The van der Waals surface area contributed by atoms with Gasteiger partial charge in [0, 0.05) is 5.69 Å². The molecule has 0 aliphatic rings. The highest BCUT2D eigenvalue weighted by molar-refractivity contribution is 5.73. The monoisotopic (exact) mass is 161 g/mol. The van der Waals surface area contributed by atoms with Gasteiger partial charge in [0.25, 0.3) is 0 Å². The van der Waals surface area contributed by atoms with E-state index in [1.165, 1.54) is 0 Å². The molecule has 0 heterocycles. The molecule has 2 nitrogen and oxygen atoms in total. The van der Waals surface area contributed by atoms with Crippen molar-refractivity contribution < 1.29 is 4.79 Å². The number of para-hydroxylation sites is 1. The van der Waals surface area contributed by atoms with Crippen molar-refractivity contribution in [2.24, 2.45) is 0 Å². The maximum Gasteiger partial charge on any atom is 0.211 e. The van der Waals surface area contributed by atoms with Crippen LogP contribution in [0.15, 0.2) is 36.9 Å². The summed E-state index contributed by atoms with van der Waals surface area (Å²) in [5, 5.41) is 2.63. The first-order valence-corrected chi connectivity index (χ1v) is 3.77. The van der Waals surface area contributed by atoms with E-state index in [0.29, 0.717) is 6.41 Å². The molecule has 0 saturated carbocycles. The molecule has 0 fully saturated rings. The molecule has 1 rings (SSSR count). The van der Waals surface area contributed by atoms with E-state index in [9.17, 15) is 4.79 Å². The van der Waals surface area contributed by atoms with Crippen LogP contribution < -0.4 is 5.32 Å². The highest BCUT2D eigenvalue weighted by Gasteiger charge is 1.96. The second-order valence-electron chi connectivity index (χ2n) is 2.41. The first-order valence-electron chi connectivity index (χ1n) is 3.77. The Morgan fingerprint density at radius 2 is 2.17 bits per heavy atom. The van der Waals surface area contributed by atoms with Crippen LogP contribution in [0.4, 0.5) is 5.69 Å². The predicted octanol–water partition coefficient (Wildman–Crippen LogP) is 1.98. The van der Waals surface area contributed by atoms with Crippen LogP contribution >= 0.6 is 0 Å². The first-order chi connectivity index (χ1) is 5.88. The molecule has 2 heteroatoms. The summed E-state index contributed by atoms with van der Waals surface area (Å²) in [6, 6.07) is 7.66. The molecule has 0 aromatic heterocycles. The van der Waals surface area contributed by atoms with Gasteiger partial charge >= 0.3 is 0 Å². The molecule has 12 heavy (non-hydrogen) atoms. The summed E-state index contributed by atoms with van der Waals surface area (Å²) in [4.78, 5) is 10.2. The van der Waals surface area contributed by atoms with Gasteiger partial charge in [0.2, 0.25) is 6.41 Å². The number of rotatable bonds is 4. The van der Waals surface area contributed by atoms with Gasteiger partial charge in [-0.15, -0.1) is 6.58 Å². The summed E-state index contributed by atoms with van der Waals surface area (Å²) in [5.41, 5.74) is 1.94. The van der Waals surface area contributed by atoms with E-state index in [1.54, 1.807) is 0 Å². The molecule has 0 atom stereocenters. The van der Waals surface area contributed by atoms with E-state index in [0.717, 1.165) is 17.7 Å². The zero-order valence-corrected chi connectivity index (χ0v) is 6.79. The molecular formula is C10H11NO. The standard InChI is InChI=1S/C10H11NO/c1-2-5-9-6-3-4-7-10(9)11-8-12/h2-4,6-8H,1,5H2,(H,11,12). The van der Waals surface area contributed by atoms with Gasteiger partial charge in [0.15, 0.2) is 0 Å². The number of benzene rings is 1.